The molecule has 4 heteroatoms. The number of hydrogen-bond donors (Lipinski definition) is 1. The van der Waals surface area contributed by atoms with Crippen LogP contribution in [0, 0.1) is 6.92 Å². The largest absolute Gasteiger partial charge is 0.481 e. The van der Waals surface area contributed by atoms with Crippen LogP contribution < -0.4 is 4.90 Å². The fraction of sp³-hybridized carbons (Fsp3) is 0.562. The Morgan fingerprint density at radius 1 is 1.35 bits per heavy atom. The third kappa shape index (κ3) is 3.73. The second-order valence-corrected chi connectivity index (χ2v) is 5.66. The number of carboxylic acid groups (broad SMARTS) is 1. The molecular weight excluding hydrogens is 252 g/mol. The zero-order valence-corrected chi connectivity index (χ0v) is 12.4. The van der Waals surface area contributed by atoms with Crippen LogP contribution in [0.15, 0.2) is 24.3 Å². The predicted octanol–water partition coefficient (Wildman–Crippen LogP) is 2.37. The topological polar surface area (TPSA) is 43.8 Å². The zero-order valence-electron chi connectivity index (χ0n) is 12.4. The summed E-state index contributed by atoms with van der Waals surface area (Å²) >= 11 is 0. The van der Waals surface area contributed by atoms with Crippen LogP contribution in [0.5, 0.6) is 0 Å². The Kier molecular flexibility index (Phi) is 5.01. The number of aryl methyl sites for hydroxylation is 1. The Morgan fingerprint density at radius 3 is 2.60 bits per heavy atom. The number of carboxylic acids is 1. The zero-order chi connectivity index (χ0) is 14.5. The third-order valence-electron chi connectivity index (χ3n) is 4.12. The SMILES string of the molecule is Cc1ccccc1N(CCC(=O)O)C1CCN(C)CC1. The van der Waals surface area contributed by atoms with Crippen LogP contribution in [0.4, 0.5) is 5.69 Å². The lowest BCUT2D eigenvalue weighted by Gasteiger charge is -2.39. The minimum Gasteiger partial charge on any atom is -0.481 e. The normalized spacial score (nSPS) is 17.1. The Hall–Kier alpha value is -1.55. The van der Waals surface area contributed by atoms with Crippen LogP contribution >= 0.6 is 0 Å². The first-order valence-electron chi connectivity index (χ1n) is 7.30. The quantitative estimate of drug-likeness (QED) is 0.896. The summed E-state index contributed by atoms with van der Waals surface area (Å²) in [4.78, 5) is 15.6. The van der Waals surface area contributed by atoms with Gasteiger partial charge in [-0.05, 0) is 51.5 Å². The third-order valence-corrected chi connectivity index (χ3v) is 4.12. The number of piperidine rings is 1. The van der Waals surface area contributed by atoms with E-state index in [2.05, 4.69) is 35.9 Å². The molecule has 1 saturated heterocycles. The number of hydrogen-bond acceptors (Lipinski definition) is 3. The number of aliphatic carboxylic acids is 1. The minimum absolute atomic E-state index is 0.195. The second kappa shape index (κ2) is 6.75. The van der Waals surface area contributed by atoms with E-state index in [0.717, 1.165) is 25.9 Å². The molecule has 1 heterocycles. The molecular formula is C16H24N2O2. The lowest BCUT2D eigenvalue weighted by Crippen LogP contribution is -2.45. The number of likely N-dealkylation sites (tertiary alicyclic amines) is 1. The summed E-state index contributed by atoms with van der Waals surface area (Å²) in [5.74, 6) is -0.725. The van der Waals surface area contributed by atoms with Crippen LogP contribution in [0.1, 0.15) is 24.8 Å². The Morgan fingerprint density at radius 2 is 2.00 bits per heavy atom. The number of para-hydroxylation sites is 1. The number of anilines is 1. The van der Waals surface area contributed by atoms with Gasteiger partial charge in [0.1, 0.15) is 0 Å². The van der Waals surface area contributed by atoms with E-state index in [1.165, 1.54) is 11.3 Å². The van der Waals surface area contributed by atoms with Gasteiger partial charge in [0.25, 0.3) is 0 Å². The molecule has 1 N–H and O–H groups in total. The van der Waals surface area contributed by atoms with Crippen molar-refractivity contribution in [2.75, 3.05) is 31.6 Å². The van der Waals surface area contributed by atoms with Crippen molar-refractivity contribution in [3.8, 4) is 0 Å². The Bertz CT molecular complexity index is 454. The lowest BCUT2D eigenvalue weighted by molar-refractivity contribution is -0.136. The summed E-state index contributed by atoms with van der Waals surface area (Å²) in [5, 5.41) is 8.98. The smallest absolute Gasteiger partial charge is 0.305 e. The van der Waals surface area contributed by atoms with E-state index in [1.54, 1.807) is 0 Å². The molecule has 1 aliphatic rings. The molecule has 1 aromatic rings. The molecule has 0 spiro atoms. The molecule has 1 fully saturated rings. The van der Waals surface area contributed by atoms with Crippen LogP contribution in [-0.2, 0) is 4.79 Å². The van der Waals surface area contributed by atoms with Gasteiger partial charge in [-0.3, -0.25) is 4.79 Å². The molecule has 1 aliphatic heterocycles. The summed E-state index contributed by atoms with van der Waals surface area (Å²) in [6.45, 7) is 4.85. The van der Waals surface area contributed by atoms with Crippen LogP contribution in [0.2, 0.25) is 0 Å². The van der Waals surface area contributed by atoms with Crippen molar-refractivity contribution in [2.24, 2.45) is 0 Å². The first kappa shape index (κ1) is 14.9. The average Bonchev–Trinajstić information content (AvgIpc) is 2.42. The van der Waals surface area contributed by atoms with Crippen LogP contribution in [-0.4, -0.2) is 48.7 Å². The van der Waals surface area contributed by atoms with Crippen molar-refractivity contribution < 1.29 is 9.90 Å². The van der Waals surface area contributed by atoms with E-state index < -0.39 is 5.97 Å². The van der Waals surface area contributed by atoms with E-state index in [-0.39, 0.29) is 6.42 Å². The maximum Gasteiger partial charge on any atom is 0.305 e. The Labute approximate surface area is 121 Å². The van der Waals surface area contributed by atoms with E-state index in [1.807, 2.05) is 12.1 Å². The van der Waals surface area contributed by atoms with Gasteiger partial charge in [0.05, 0.1) is 6.42 Å². The lowest BCUT2D eigenvalue weighted by atomic mass is 10.0. The Balaban J connectivity index is 2.16. The highest BCUT2D eigenvalue weighted by molar-refractivity contribution is 5.68. The predicted molar refractivity (Wildman–Crippen MR) is 81.3 cm³/mol. The summed E-state index contributed by atoms with van der Waals surface area (Å²) in [5.41, 5.74) is 2.40. The molecule has 4 nitrogen and oxygen atoms in total. The van der Waals surface area contributed by atoms with Crippen molar-refractivity contribution in [3.05, 3.63) is 29.8 Å². The summed E-state index contributed by atoms with van der Waals surface area (Å²) in [7, 11) is 2.14. The monoisotopic (exact) mass is 276 g/mol. The molecule has 0 saturated carbocycles. The van der Waals surface area contributed by atoms with Gasteiger partial charge in [0.15, 0.2) is 0 Å². The van der Waals surface area contributed by atoms with Gasteiger partial charge in [-0.25, -0.2) is 0 Å². The van der Waals surface area contributed by atoms with Gasteiger partial charge in [-0.2, -0.15) is 0 Å². The number of carbonyl (C=O) groups is 1. The maximum absolute atomic E-state index is 10.9. The van der Waals surface area contributed by atoms with Crippen molar-refractivity contribution in [1.82, 2.24) is 4.90 Å². The van der Waals surface area contributed by atoms with Crippen LogP contribution in [0.3, 0.4) is 0 Å². The molecule has 0 amide bonds. The van der Waals surface area contributed by atoms with E-state index in [9.17, 15) is 4.79 Å². The number of benzene rings is 1. The summed E-state index contributed by atoms with van der Waals surface area (Å²) in [6, 6.07) is 8.72. The summed E-state index contributed by atoms with van der Waals surface area (Å²) in [6.07, 6.45) is 2.40. The van der Waals surface area contributed by atoms with E-state index >= 15 is 0 Å². The number of nitrogens with zero attached hydrogens (tertiary/aromatic N) is 2. The highest BCUT2D eigenvalue weighted by Crippen LogP contribution is 2.26. The highest BCUT2D eigenvalue weighted by atomic mass is 16.4. The van der Waals surface area contributed by atoms with Crippen molar-refractivity contribution in [2.45, 2.75) is 32.2 Å². The molecule has 0 aliphatic carbocycles. The molecule has 2 rings (SSSR count). The second-order valence-electron chi connectivity index (χ2n) is 5.66. The van der Waals surface area contributed by atoms with Crippen molar-refractivity contribution >= 4 is 11.7 Å². The molecule has 1 aromatic carbocycles. The van der Waals surface area contributed by atoms with Gasteiger partial charge >= 0.3 is 5.97 Å². The van der Waals surface area contributed by atoms with Crippen molar-refractivity contribution in [1.29, 1.82) is 0 Å². The minimum atomic E-state index is -0.725. The molecule has 20 heavy (non-hydrogen) atoms. The van der Waals surface area contributed by atoms with Gasteiger partial charge in [-0.15, -0.1) is 0 Å². The first-order valence-corrected chi connectivity index (χ1v) is 7.30. The molecule has 0 aromatic heterocycles. The summed E-state index contributed by atoms with van der Waals surface area (Å²) < 4.78 is 0. The molecule has 0 radical (unpaired) electrons. The molecule has 0 bridgehead atoms. The maximum atomic E-state index is 10.9. The molecule has 0 unspecified atom stereocenters. The number of rotatable bonds is 5. The van der Waals surface area contributed by atoms with Gasteiger partial charge in [0.2, 0.25) is 0 Å². The average molecular weight is 276 g/mol. The standard InChI is InChI=1S/C16H24N2O2/c1-13-5-3-4-6-15(13)18(12-9-16(19)20)14-7-10-17(2)11-8-14/h3-6,14H,7-12H2,1-2H3,(H,19,20). The first-order chi connectivity index (χ1) is 9.58. The van der Waals surface area contributed by atoms with Gasteiger partial charge in [-0.1, -0.05) is 18.2 Å². The molecule has 0 atom stereocenters. The van der Waals surface area contributed by atoms with Crippen LogP contribution in [0.25, 0.3) is 0 Å². The van der Waals surface area contributed by atoms with E-state index in [0.29, 0.717) is 12.6 Å². The van der Waals surface area contributed by atoms with Crippen molar-refractivity contribution in [3.63, 3.8) is 0 Å². The fourth-order valence-electron chi connectivity index (χ4n) is 2.91. The van der Waals surface area contributed by atoms with E-state index in [4.69, 9.17) is 5.11 Å². The van der Waals surface area contributed by atoms with Gasteiger partial charge in [0, 0.05) is 18.3 Å². The highest BCUT2D eigenvalue weighted by Gasteiger charge is 2.24. The molecule has 110 valence electrons. The van der Waals surface area contributed by atoms with Gasteiger partial charge < -0.3 is 14.9 Å². The fourth-order valence-corrected chi connectivity index (χ4v) is 2.91.